The molecule has 0 N–H and O–H groups in total. The average molecular weight is 769 g/mol. The summed E-state index contributed by atoms with van der Waals surface area (Å²) in [5, 5.41) is -0.766. The molecular weight excluding hydrogens is 710 g/mol. The molecule has 0 saturated carbocycles. The van der Waals surface area contributed by atoms with Gasteiger partial charge in [-0.2, -0.15) is 13.2 Å². The molecule has 6 nitrogen and oxygen atoms in total. The normalized spacial score (nSPS) is 26.1. The molecule has 53 heavy (non-hydrogen) atoms. The number of ether oxygens (including phenoxy) is 1. The lowest BCUT2D eigenvalue weighted by molar-refractivity contribution is -0.138. The number of piperidine rings is 1. The Labute approximate surface area is 335 Å². The fraction of sp³-hybridized carbons (Fsp3) is 0.317. The van der Waals surface area contributed by atoms with Crippen LogP contribution in [-0.2, 0) is 28.0 Å². The summed E-state index contributed by atoms with van der Waals surface area (Å²) >= 11 is 0.0384. The maximum absolute atomic E-state index is 15.5. The summed E-state index contributed by atoms with van der Waals surface area (Å²) < 4.78 is 241. The van der Waals surface area contributed by atoms with Gasteiger partial charge < -0.3 is 19.1 Å². The lowest BCUT2D eigenvalue weighted by Crippen LogP contribution is -2.49. The average Bonchev–Trinajstić information content (AvgIpc) is 3.23. The predicted molar refractivity (Wildman–Crippen MR) is 198 cm³/mol. The summed E-state index contributed by atoms with van der Waals surface area (Å²) in [6.45, 7) is -18.7. The lowest BCUT2D eigenvalue weighted by Gasteiger charge is -2.42. The molecule has 1 fully saturated rings. The zero-order chi connectivity index (χ0) is 54.6. The van der Waals surface area contributed by atoms with E-state index in [4.69, 9.17) is 17.8 Å². The second kappa shape index (κ2) is 16.7. The predicted octanol–water partition coefficient (Wildman–Crippen LogP) is 8.96. The Morgan fingerprint density at radius 1 is 1.04 bits per heavy atom. The van der Waals surface area contributed by atoms with Gasteiger partial charge in [0.15, 0.2) is 17.1 Å². The molecule has 278 valence electrons. The lowest BCUT2D eigenvalue weighted by atomic mass is 9.96. The zero-order valence-electron chi connectivity index (χ0n) is 46.3. The van der Waals surface area contributed by atoms with Gasteiger partial charge in [0.1, 0.15) is 6.54 Å². The van der Waals surface area contributed by atoms with Gasteiger partial charge in [0.2, 0.25) is 5.91 Å². The van der Waals surface area contributed by atoms with Crippen LogP contribution >= 0.6 is 11.8 Å². The van der Waals surface area contributed by atoms with Crippen molar-refractivity contribution >= 4 is 28.6 Å². The van der Waals surface area contributed by atoms with Crippen LogP contribution in [0, 0.1) is 11.6 Å². The SMILES string of the molecule is [2H]C([2H])([2H])OC([2H])([2H])C([2H])([2H])N1C([2H])([2H])C([2H])([2H])C([2H])(N(C(=O)Cn2c(SC([2H])([2H])c3cccc(F)c3F)cc(=O)c3ccccc32)C([2H])(C)c2ccc(-c3ccc(C(F)(F)F)cc3)cc2)C([2H])([2H])C1([2H])[2H]. The number of methoxy groups -OCH3 is 1. The number of hydrogen-bond donors (Lipinski definition) is 0. The maximum atomic E-state index is 15.5. The molecule has 4 aromatic carbocycles. The van der Waals surface area contributed by atoms with Crippen LogP contribution in [0.25, 0.3) is 22.0 Å². The number of fused-ring (bicyclic) bond motifs is 1. The second-order valence-electron chi connectivity index (χ2n) is 11.2. The van der Waals surface area contributed by atoms with Crippen LogP contribution < -0.4 is 5.43 Å². The number of aromatic nitrogens is 1. The largest absolute Gasteiger partial charge is 0.416 e. The van der Waals surface area contributed by atoms with Crippen LogP contribution in [0.4, 0.5) is 22.0 Å². The fourth-order valence-electron chi connectivity index (χ4n) is 5.32. The highest BCUT2D eigenvalue weighted by atomic mass is 32.2. The molecule has 1 aliphatic heterocycles. The first kappa shape index (κ1) is 20.8. The number of carbonyl (C=O) groups is 1. The molecule has 0 aliphatic carbocycles. The summed E-state index contributed by atoms with van der Waals surface area (Å²) in [7, 11) is -3.84. The van der Waals surface area contributed by atoms with Gasteiger partial charge in [-0.3, -0.25) is 9.59 Å². The third-order valence-corrected chi connectivity index (χ3v) is 8.80. The molecule has 1 aromatic heterocycles. The number of halogens is 5. The minimum Gasteiger partial charge on any atom is -0.383 e. The van der Waals surface area contributed by atoms with Gasteiger partial charge in [0, 0.05) is 71.7 Å². The van der Waals surface area contributed by atoms with E-state index in [1.54, 1.807) is 0 Å². The third kappa shape index (κ3) is 8.83. The van der Waals surface area contributed by atoms with Gasteiger partial charge in [-0.1, -0.05) is 60.7 Å². The molecule has 1 unspecified atom stereocenters. The number of benzene rings is 4. The van der Waals surface area contributed by atoms with Crippen molar-refractivity contribution in [1.29, 1.82) is 0 Å². The van der Waals surface area contributed by atoms with Crippen molar-refractivity contribution in [3.63, 3.8) is 0 Å². The number of thioether (sulfide) groups is 1. The molecule has 0 radical (unpaired) electrons. The molecule has 5 aromatic rings. The van der Waals surface area contributed by atoms with Crippen molar-refractivity contribution < 1.29 is 57.5 Å². The van der Waals surface area contributed by atoms with Crippen molar-refractivity contribution in [3.05, 3.63) is 136 Å². The molecular formula is C41H40F5N3O3S. The second-order valence-corrected chi connectivity index (χ2v) is 12.0. The highest BCUT2D eigenvalue weighted by molar-refractivity contribution is 7.98. The summed E-state index contributed by atoms with van der Waals surface area (Å²) in [5.41, 5.74) is -6.15. The van der Waals surface area contributed by atoms with E-state index in [0.717, 1.165) is 66.1 Å². The van der Waals surface area contributed by atoms with Crippen LogP contribution in [0.2, 0.25) is 0 Å². The van der Waals surface area contributed by atoms with Crippen LogP contribution in [0.5, 0.6) is 0 Å². The zero-order valence-corrected chi connectivity index (χ0v) is 28.1. The van der Waals surface area contributed by atoms with Crippen LogP contribution in [0.3, 0.4) is 0 Å². The molecule has 0 bridgehead atoms. The van der Waals surface area contributed by atoms with Crippen molar-refractivity contribution in [2.24, 2.45) is 0 Å². The topological polar surface area (TPSA) is 54.8 Å². The van der Waals surface area contributed by atoms with E-state index in [9.17, 15) is 30.6 Å². The van der Waals surface area contributed by atoms with Crippen molar-refractivity contribution in [3.8, 4) is 11.1 Å². The summed E-state index contributed by atoms with van der Waals surface area (Å²) in [4.78, 5) is 27.9. The number of amides is 1. The number of nitrogens with zero attached hydrogens (tertiary/aromatic N) is 3. The van der Waals surface area contributed by atoms with Crippen LogP contribution in [-0.4, -0.2) is 59.4 Å². The van der Waals surface area contributed by atoms with Gasteiger partial charge in [-0.15, -0.1) is 11.8 Å². The van der Waals surface area contributed by atoms with Gasteiger partial charge in [-0.05, 0) is 66.7 Å². The Morgan fingerprint density at radius 3 is 2.40 bits per heavy atom. The number of pyridine rings is 1. The first-order chi connectivity index (χ1) is 32.5. The first-order valence-electron chi connectivity index (χ1n) is 24.9. The molecule has 12 heteroatoms. The molecule has 1 amide bonds. The smallest absolute Gasteiger partial charge is 0.383 e. The van der Waals surface area contributed by atoms with E-state index in [0.29, 0.717) is 6.07 Å². The minimum absolute atomic E-state index is 0.0384. The highest BCUT2D eigenvalue weighted by Crippen LogP contribution is 2.34. The minimum atomic E-state index is -4.71. The van der Waals surface area contributed by atoms with Gasteiger partial charge in [0.25, 0.3) is 0 Å². The van der Waals surface area contributed by atoms with Gasteiger partial charge >= 0.3 is 6.18 Å². The Balaban J connectivity index is 1.62. The van der Waals surface area contributed by atoms with Crippen LogP contribution in [0.15, 0.2) is 107 Å². The van der Waals surface area contributed by atoms with E-state index in [-0.39, 0.29) is 38.7 Å². The number of rotatable bonds is 12. The van der Waals surface area contributed by atoms with E-state index in [1.165, 1.54) is 36.4 Å². The van der Waals surface area contributed by atoms with Crippen molar-refractivity contribution in [2.45, 2.75) is 55.2 Å². The number of carbonyl (C=O) groups excluding carboxylic acids is 1. The van der Waals surface area contributed by atoms with Gasteiger partial charge in [-0.25, -0.2) is 8.78 Å². The molecule has 6 rings (SSSR count). The first-order valence-corrected chi connectivity index (χ1v) is 16.2. The Bertz CT molecular complexity index is 2930. The Kier molecular flexibility index (Phi) is 6.54. The summed E-state index contributed by atoms with van der Waals surface area (Å²) in [6.07, 6.45) is -13.9. The van der Waals surface area contributed by atoms with E-state index >= 15 is 9.18 Å². The van der Waals surface area contributed by atoms with Crippen molar-refractivity contribution in [2.75, 3.05) is 33.1 Å². The number of likely N-dealkylation sites (tertiary alicyclic amines) is 1. The van der Waals surface area contributed by atoms with Gasteiger partial charge in [0.05, 0.1) is 38.3 Å². The number of alkyl halides is 3. The number of hydrogen-bond acceptors (Lipinski definition) is 5. The van der Waals surface area contributed by atoms with Crippen LogP contribution in [0.1, 0.15) is 68.4 Å². The maximum Gasteiger partial charge on any atom is 0.416 e. The van der Waals surface area contributed by atoms with E-state index in [2.05, 4.69) is 4.74 Å². The molecule has 0 spiro atoms. The van der Waals surface area contributed by atoms with Crippen molar-refractivity contribution in [1.82, 2.24) is 14.4 Å². The summed E-state index contributed by atoms with van der Waals surface area (Å²) in [5.74, 6) is -4.91. The highest BCUT2D eigenvalue weighted by Gasteiger charge is 2.33. The van der Waals surface area contributed by atoms with E-state index < -0.39 is 126 Å². The fourth-order valence-corrected chi connectivity index (χ4v) is 6.14. The van der Waals surface area contributed by atoms with E-state index in [1.807, 2.05) is 0 Å². The molecule has 1 saturated heterocycles. The summed E-state index contributed by atoms with van der Waals surface area (Å²) in [6, 6.07) is 8.94. The number of para-hydroxylation sites is 1. The standard InChI is InChI=1S/C41H40F5N3O3S/c1-27(28-10-12-29(13-11-28)30-14-16-32(17-15-30)41(44,45)46)49(33-18-20-47(21-19-33)22-23-52-2)38(51)25-48-36-9-4-3-7-34(36)37(50)24-39(48)53-26-31-6-5-8-35(42)40(31)43/h3-17,24,27,33H,18-23,25-26H2,1-2H3/i2D3,18D2,19D2,20D2,21D2,22D2,23D2,26D2,27D,33D. The monoisotopic (exact) mass is 768 g/mol. The Hall–Kier alpha value is -4.52. The Morgan fingerprint density at radius 2 is 1.72 bits per heavy atom. The molecule has 1 aliphatic rings. The quantitative estimate of drug-likeness (QED) is 0.0938. The molecule has 2 heterocycles. The third-order valence-electron chi connectivity index (χ3n) is 7.93. The molecule has 1 atom stereocenters.